The van der Waals surface area contributed by atoms with Crippen LogP contribution in [-0.4, -0.2) is 29.9 Å². The number of anilines is 2. The molecular formula is C20H11F6N7. The van der Waals surface area contributed by atoms with Crippen molar-refractivity contribution in [2.45, 2.75) is 12.4 Å². The van der Waals surface area contributed by atoms with Crippen LogP contribution in [-0.2, 0) is 12.4 Å². The third kappa shape index (κ3) is 5.19. The van der Waals surface area contributed by atoms with E-state index in [1.54, 1.807) is 12.1 Å². The Morgan fingerprint density at radius 2 is 1.45 bits per heavy atom. The molecule has 168 valence electrons. The van der Waals surface area contributed by atoms with E-state index in [2.05, 4.69) is 35.2 Å². The molecule has 0 saturated carbocycles. The molecule has 0 bridgehead atoms. The largest absolute Gasteiger partial charge is 0.433 e. The molecule has 4 aromatic heterocycles. The summed E-state index contributed by atoms with van der Waals surface area (Å²) in [6, 6.07) is 8.40. The normalized spacial score (nSPS) is 11.9. The van der Waals surface area contributed by atoms with Crippen molar-refractivity contribution in [3.8, 4) is 22.9 Å². The second kappa shape index (κ2) is 8.41. The predicted octanol–water partition coefficient (Wildman–Crippen LogP) is 5.17. The highest BCUT2D eigenvalue weighted by Crippen LogP contribution is 2.31. The number of nitrogens with zero attached hydrogens (tertiary/aromatic N) is 6. The summed E-state index contributed by atoms with van der Waals surface area (Å²) in [6.07, 6.45) is -5.51. The molecule has 0 aliphatic rings. The SMILES string of the molecule is FC(F)(F)c1cc(Nc2nc(-c3cccnc3)nc(-c3cccc(C(F)(F)F)n3)n2)ccn1. The number of rotatable bonds is 4. The Hall–Kier alpha value is -4.16. The van der Waals surface area contributed by atoms with Crippen molar-refractivity contribution in [3.05, 3.63) is 72.4 Å². The third-order valence-electron chi connectivity index (χ3n) is 4.13. The maximum Gasteiger partial charge on any atom is 0.433 e. The van der Waals surface area contributed by atoms with Crippen LogP contribution < -0.4 is 5.32 Å². The molecule has 4 aromatic rings. The Kier molecular flexibility index (Phi) is 5.62. The van der Waals surface area contributed by atoms with E-state index < -0.39 is 23.7 Å². The Morgan fingerprint density at radius 1 is 0.697 bits per heavy atom. The molecule has 0 atom stereocenters. The standard InChI is InChI=1S/C20H11F6N7/c21-19(22,23)14-5-1-4-13(30-14)17-31-16(11-3-2-7-27-10-11)32-18(33-17)29-12-6-8-28-15(9-12)20(24,25)26/h1-10H,(H,28,29,31,32,33). The van der Waals surface area contributed by atoms with Gasteiger partial charge in [0.15, 0.2) is 11.6 Å². The summed E-state index contributed by atoms with van der Waals surface area (Å²) in [7, 11) is 0. The molecule has 4 rings (SSSR count). The molecule has 0 unspecified atom stereocenters. The van der Waals surface area contributed by atoms with E-state index in [1.165, 1.54) is 24.5 Å². The van der Waals surface area contributed by atoms with Crippen LogP contribution in [0.4, 0.5) is 38.0 Å². The summed E-state index contributed by atoms with van der Waals surface area (Å²) in [4.78, 5) is 23.2. The zero-order valence-corrected chi connectivity index (χ0v) is 16.2. The van der Waals surface area contributed by atoms with Gasteiger partial charge in [-0.15, -0.1) is 0 Å². The lowest BCUT2D eigenvalue weighted by Crippen LogP contribution is -2.10. The molecule has 0 spiro atoms. The van der Waals surface area contributed by atoms with Gasteiger partial charge in [-0.2, -0.15) is 36.3 Å². The van der Waals surface area contributed by atoms with Crippen LogP contribution in [0.2, 0.25) is 0 Å². The quantitative estimate of drug-likeness (QED) is 0.418. The lowest BCUT2D eigenvalue weighted by Gasteiger charge is -2.11. The van der Waals surface area contributed by atoms with Crippen LogP contribution in [0.5, 0.6) is 0 Å². The summed E-state index contributed by atoms with van der Waals surface area (Å²) < 4.78 is 78.2. The highest BCUT2D eigenvalue weighted by Gasteiger charge is 2.33. The molecule has 0 saturated heterocycles. The van der Waals surface area contributed by atoms with Crippen LogP contribution in [0, 0.1) is 0 Å². The highest BCUT2D eigenvalue weighted by molar-refractivity contribution is 5.63. The fourth-order valence-corrected chi connectivity index (χ4v) is 2.68. The van der Waals surface area contributed by atoms with Crippen molar-refractivity contribution >= 4 is 11.6 Å². The molecule has 1 N–H and O–H groups in total. The monoisotopic (exact) mass is 463 g/mol. The van der Waals surface area contributed by atoms with Crippen molar-refractivity contribution in [1.29, 1.82) is 0 Å². The average molecular weight is 463 g/mol. The number of hydrogen-bond donors (Lipinski definition) is 1. The van der Waals surface area contributed by atoms with Gasteiger partial charge in [0.2, 0.25) is 5.95 Å². The Labute approximate surface area is 181 Å². The molecule has 7 nitrogen and oxygen atoms in total. The van der Waals surface area contributed by atoms with Gasteiger partial charge in [0, 0.05) is 29.8 Å². The second-order valence-electron chi connectivity index (χ2n) is 6.51. The van der Waals surface area contributed by atoms with Gasteiger partial charge in [0.1, 0.15) is 17.1 Å². The van der Waals surface area contributed by atoms with E-state index in [-0.39, 0.29) is 29.0 Å². The van der Waals surface area contributed by atoms with Crippen molar-refractivity contribution < 1.29 is 26.3 Å². The summed E-state index contributed by atoms with van der Waals surface area (Å²) in [5.74, 6) is -0.403. The summed E-state index contributed by atoms with van der Waals surface area (Å²) in [5, 5.41) is 2.61. The maximum absolute atomic E-state index is 13.1. The molecule has 0 aromatic carbocycles. The fourth-order valence-electron chi connectivity index (χ4n) is 2.68. The lowest BCUT2D eigenvalue weighted by atomic mass is 10.2. The van der Waals surface area contributed by atoms with Gasteiger partial charge in [-0.3, -0.25) is 9.97 Å². The van der Waals surface area contributed by atoms with Crippen molar-refractivity contribution in [2.24, 2.45) is 0 Å². The van der Waals surface area contributed by atoms with E-state index in [4.69, 9.17) is 0 Å². The lowest BCUT2D eigenvalue weighted by molar-refractivity contribution is -0.141. The molecule has 33 heavy (non-hydrogen) atoms. The van der Waals surface area contributed by atoms with Gasteiger partial charge < -0.3 is 5.32 Å². The minimum atomic E-state index is -4.69. The van der Waals surface area contributed by atoms with Gasteiger partial charge in [0.25, 0.3) is 0 Å². The molecule has 0 radical (unpaired) electrons. The summed E-state index contributed by atoms with van der Waals surface area (Å²) in [6.45, 7) is 0. The highest BCUT2D eigenvalue weighted by atomic mass is 19.4. The van der Waals surface area contributed by atoms with E-state index in [0.29, 0.717) is 5.56 Å². The topological polar surface area (TPSA) is 89.4 Å². The van der Waals surface area contributed by atoms with E-state index in [9.17, 15) is 26.3 Å². The smallest absolute Gasteiger partial charge is 0.324 e. The Morgan fingerprint density at radius 3 is 2.15 bits per heavy atom. The van der Waals surface area contributed by atoms with E-state index >= 15 is 0 Å². The van der Waals surface area contributed by atoms with Crippen molar-refractivity contribution in [2.75, 3.05) is 5.32 Å². The molecule has 0 amide bonds. The number of aromatic nitrogens is 6. The minimum Gasteiger partial charge on any atom is -0.324 e. The van der Waals surface area contributed by atoms with Crippen LogP contribution in [0.25, 0.3) is 22.9 Å². The van der Waals surface area contributed by atoms with Crippen LogP contribution in [0.3, 0.4) is 0 Å². The van der Waals surface area contributed by atoms with E-state index in [1.807, 2.05) is 0 Å². The molecule has 0 aliphatic heterocycles. The zero-order valence-electron chi connectivity index (χ0n) is 16.2. The van der Waals surface area contributed by atoms with Gasteiger partial charge in [-0.05, 0) is 36.4 Å². The first-order valence-electron chi connectivity index (χ1n) is 9.11. The van der Waals surface area contributed by atoms with Crippen molar-refractivity contribution in [3.63, 3.8) is 0 Å². The number of halogens is 6. The first-order valence-corrected chi connectivity index (χ1v) is 9.11. The number of pyridine rings is 3. The summed E-state index contributed by atoms with van der Waals surface area (Å²) in [5.41, 5.74) is -2.13. The van der Waals surface area contributed by atoms with Gasteiger partial charge >= 0.3 is 12.4 Å². The molecule has 0 aliphatic carbocycles. The predicted molar refractivity (Wildman–Crippen MR) is 104 cm³/mol. The fraction of sp³-hybridized carbons (Fsp3) is 0.100. The van der Waals surface area contributed by atoms with Crippen molar-refractivity contribution in [1.82, 2.24) is 29.9 Å². The third-order valence-corrected chi connectivity index (χ3v) is 4.13. The van der Waals surface area contributed by atoms with Gasteiger partial charge in [0.05, 0.1) is 0 Å². The van der Waals surface area contributed by atoms with Gasteiger partial charge in [-0.1, -0.05) is 6.07 Å². The summed E-state index contributed by atoms with van der Waals surface area (Å²) >= 11 is 0. The average Bonchev–Trinajstić information content (AvgIpc) is 2.79. The minimum absolute atomic E-state index is 0.0277. The molecule has 0 fully saturated rings. The zero-order chi connectivity index (χ0) is 23.6. The van der Waals surface area contributed by atoms with Crippen LogP contribution in [0.1, 0.15) is 11.4 Å². The van der Waals surface area contributed by atoms with Crippen LogP contribution in [0.15, 0.2) is 61.1 Å². The first-order chi connectivity index (χ1) is 15.6. The Balaban J connectivity index is 1.80. The number of alkyl halides is 6. The number of nitrogens with one attached hydrogen (secondary N) is 1. The first kappa shape index (κ1) is 22.0. The van der Waals surface area contributed by atoms with Gasteiger partial charge in [-0.25, -0.2) is 9.97 Å². The molecular weight excluding hydrogens is 452 g/mol. The number of hydrogen-bond acceptors (Lipinski definition) is 7. The molecule has 4 heterocycles. The second-order valence-corrected chi connectivity index (χ2v) is 6.51. The maximum atomic E-state index is 13.1. The Bertz CT molecular complexity index is 1280. The van der Waals surface area contributed by atoms with E-state index in [0.717, 1.165) is 24.4 Å². The van der Waals surface area contributed by atoms with Crippen LogP contribution >= 0.6 is 0 Å². The molecule has 13 heteroatoms.